The normalized spacial score (nSPS) is 20.8. The van der Waals surface area contributed by atoms with Crippen LogP contribution in [-0.4, -0.2) is 73.5 Å². The standard InChI is InChI=1S/C22H31ClN6O2/c1-24-22(26-19-7-11-29(12-8-19)14-16-9-13-30-15-16)25-10-6-20-27-21(28-31-20)17-2-4-18(23)5-3-17/h2-5,16,19H,6-15H2,1H3,(H2,24,25,26). The van der Waals surface area contributed by atoms with Crippen LogP contribution in [0.1, 0.15) is 25.2 Å². The molecular weight excluding hydrogens is 416 g/mol. The van der Waals surface area contributed by atoms with Gasteiger partial charge >= 0.3 is 0 Å². The Kier molecular flexibility index (Phi) is 7.77. The quantitative estimate of drug-likeness (QED) is 0.499. The topological polar surface area (TPSA) is 87.8 Å². The summed E-state index contributed by atoms with van der Waals surface area (Å²) in [4.78, 5) is 11.4. The third-order valence-electron chi connectivity index (χ3n) is 5.89. The van der Waals surface area contributed by atoms with Gasteiger partial charge in [-0.1, -0.05) is 16.8 Å². The lowest BCUT2D eigenvalue weighted by Gasteiger charge is -2.34. The number of aromatic nitrogens is 2. The smallest absolute Gasteiger partial charge is 0.228 e. The second-order valence-electron chi connectivity index (χ2n) is 8.22. The highest BCUT2D eigenvalue weighted by Crippen LogP contribution is 2.19. The highest BCUT2D eigenvalue weighted by Gasteiger charge is 2.24. The maximum Gasteiger partial charge on any atom is 0.228 e. The van der Waals surface area contributed by atoms with Gasteiger partial charge in [0, 0.05) is 62.9 Å². The molecule has 2 N–H and O–H groups in total. The van der Waals surface area contributed by atoms with Gasteiger partial charge in [-0.25, -0.2) is 0 Å². The lowest BCUT2D eigenvalue weighted by molar-refractivity contribution is 0.150. The Morgan fingerprint density at radius 3 is 2.74 bits per heavy atom. The number of rotatable bonds is 7. The summed E-state index contributed by atoms with van der Waals surface area (Å²) in [5.41, 5.74) is 0.886. The zero-order valence-electron chi connectivity index (χ0n) is 18.0. The largest absolute Gasteiger partial charge is 0.381 e. The van der Waals surface area contributed by atoms with Gasteiger partial charge < -0.3 is 24.8 Å². The Balaban J connectivity index is 1.17. The zero-order valence-corrected chi connectivity index (χ0v) is 18.8. The molecule has 1 unspecified atom stereocenters. The van der Waals surface area contributed by atoms with Crippen molar-refractivity contribution in [3.8, 4) is 11.4 Å². The maximum atomic E-state index is 5.93. The number of hydrogen-bond donors (Lipinski definition) is 2. The van der Waals surface area contributed by atoms with Gasteiger partial charge in [0.15, 0.2) is 5.96 Å². The number of piperidine rings is 1. The number of likely N-dealkylation sites (tertiary alicyclic amines) is 1. The van der Waals surface area contributed by atoms with E-state index in [4.69, 9.17) is 20.9 Å². The highest BCUT2D eigenvalue weighted by molar-refractivity contribution is 6.30. The van der Waals surface area contributed by atoms with Crippen molar-refractivity contribution in [3.63, 3.8) is 0 Å². The molecule has 1 atom stereocenters. The van der Waals surface area contributed by atoms with Crippen LogP contribution in [-0.2, 0) is 11.2 Å². The molecule has 2 aromatic rings. The van der Waals surface area contributed by atoms with Crippen LogP contribution < -0.4 is 10.6 Å². The first-order chi connectivity index (χ1) is 15.2. The first-order valence-electron chi connectivity index (χ1n) is 11.1. The van der Waals surface area contributed by atoms with Crippen LogP contribution in [0.15, 0.2) is 33.8 Å². The molecule has 31 heavy (non-hydrogen) atoms. The lowest BCUT2D eigenvalue weighted by atomic mass is 10.0. The van der Waals surface area contributed by atoms with E-state index in [2.05, 4.69) is 30.7 Å². The van der Waals surface area contributed by atoms with Crippen molar-refractivity contribution in [2.45, 2.75) is 31.7 Å². The summed E-state index contributed by atoms with van der Waals surface area (Å²) in [6, 6.07) is 7.85. The third-order valence-corrected chi connectivity index (χ3v) is 6.15. The minimum absolute atomic E-state index is 0.446. The Bertz CT molecular complexity index is 842. The van der Waals surface area contributed by atoms with Gasteiger partial charge in [-0.05, 0) is 49.4 Å². The molecule has 1 aromatic carbocycles. The fourth-order valence-electron chi connectivity index (χ4n) is 4.10. The molecule has 2 fully saturated rings. The maximum absolute atomic E-state index is 5.93. The molecule has 2 aliphatic rings. The molecule has 2 aliphatic heterocycles. The molecule has 0 amide bonds. The monoisotopic (exact) mass is 446 g/mol. The first kappa shape index (κ1) is 22.0. The molecule has 8 nitrogen and oxygen atoms in total. The summed E-state index contributed by atoms with van der Waals surface area (Å²) >= 11 is 5.93. The van der Waals surface area contributed by atoms with Crippen molar-refractivity contribution in [3.05, 3.63) is 35.2 Å². The van der Waals surface area contributed by atoms with E-state index in [0.29, 0.717) is 41.7 Å². The van der Waals surface area contributed by atoms with Gasteiger partial charge in [0.05, 0.1) is 6.61 Å². The van der Waals surface area contributed by atoms with Crippen LogP contribution in [0.4, 0.5) is 0 Å². The molecule has 2 saturated heterocycles. The van der Waals surface area contributed by atoms with Crippen molar-refractivity contribution in [2.75, 3.05) is 46.4 Å². The Hall–Kier alpha value is -2.16. The highest BCUT2D eigenvalue weighted by atomic mass is 35.5. The van der Waals surface area contributed by atoms with Gasteiger partial charge in [0.2, 0.25) is 11.7 Å². The number of guanidine groups is 1. The van der Waals surface area contributed by atoms with Gasteiger partial charge in [-0.3, -0.25) is 4.99 Å². The summed E-state index contributed by atoms with van der Waals surface area (Å²) in [6.45, 7) is 5.94. The molecular formula is C22H31ClN6O2. The Morgan fingerprint density at radius 2 is 2.03 bits per heavy atom. The third kappa shape index (κ3) is 6.41. The molecule has 4 rings (SSSR count). The average molecular weight is 447 g/mol. The van der Waals surface area contributed by atoms with Crippen LogP contribution in [0.2, 0.25) is 5.02 Å². The number of aliphatic imine (C=N–C) groups is 1. The Morgan fingerprint density at radius 1 is 1.23 bits per heavy atom. The summed E-state index contributed by atoms with van der Waals surface area (Å²) in [7, 11) is 1.80. The van der Waals surface area contributed by atoms with Gasteiger partial charge in [-0.2, -0.15) is 4.98 Å². The van der Waals surface area contributed by atoms with Crippen molar-refractivity contribution in [1.82, 2.24) is 25.7 Å². The van der Waals surface area contributed by atoms with Crippen molar-refractivity contribution < 1.29 is 9.26 Å². The minimum Gasteiger partial charge on any atom is -0.381 e. The van der Waals surface area contributed by atoms with E-state index in [1.165, 1.54) is 13.0 Å². The summed E-state index contributed by atoms with van der Waals surface area (Å²) < 4.78 is 10.9. The van der Waals surface area contributed by atoms with E-state index >= 15 is 0 Å². The number of ether oxygens (including phenoxy) is 1. The van der Waals surface area contributed by atoms with Gasteiger partial charge in [0.1, 0.15) is 0 Å². The van der Waals surface area contributed by atoms with Crippen LogP contribution in [0.3, 0.4) is 0 Å². The number of hydrogen-bond acceptors (Lipinski definition) is 6. The number of halogens is 1. The van der Waals surface area contributed by atoms with E-state index in [1.54, 1.807) is 7.05 Å². The summed E-state index contributed by atoms with van der Waals surface area (Å²) in [5.74, 6) is 2.70. The molecule has 0 saturated carbocycles. The van der Waals surface area contributed by atoms with Crippen LogP contribution in [0.25, 0.3) is 11.4 Å². The SMILES string of the molecule is CN=C(NCCc1nc(-c2ccc(Cl)cc2)no1)NC1CCN(CC2CCOC2)CC1. The molecule has 3 heterocycles. The molecule has 0 spiro atoms. The molecule has 0 radical (unpaired) electrons. The van der Waals surface area contributed by atoms with Gasteiger partial charge in [0.25, 0.3) is 0 Å². The number of nitrogens with zero attached hydrogens (tertiary/aromatic N) is 4. The molecule has 0 aliphatic carbocycles. The van der Waals surface area contributed by atoms with Crippen molar-refractivity contribution in [2.24, 2.45) is 10.9 Å². The first-order valence-corrected chi connectivity index (χ1v) is 11.4. The van der Waals surface area contributed by atoms with E-state index in [1.807, 2.05) is 24.3 Å². The van der Waals surface area contributed by atoms with Crippen molar-refractivity contribution >= 4 is 17.6 Å². The number of nitrogens with one attached hydrogen (secondary N) is 2. The van der Waals surface area contributed by atoms with E-state index in [9.17, 15) is 0 Å². The zero-order chi connectivity index (χ0) is 21.5. The van der Waals surface area contributed by atoms with Crippen molar-refractivity contribution in [1.29, 1.82) is 0 Å². The summed E-state index contributed by atoms with van der Waals surface area (Å²) in [5, 5.41) is 11.6. The fraction of sp³-hybridized carbons (Fsp3) is 0.591. The van der Waals surface area contributed by atoms with Gasteiger partial charge in [-0.15, -0.1) is 0 Å². The Labute approximate surface area is 188 Å². The minimum atomic E-state index is 0.446. The van der Waals surface area contributed by atoms with Crippen LogP contribution in [0.5, 0.6) is 0 Å². The molecule has 9 heteroatoms. The second kappa shape index (κ2) is 10.9. The van der Waals surface area contributed by atoms with E-state index in [-0.39, 0.29) is 0 Å². The molecule has 1 aromatic heterocycles. The van der Waals surface area contributed by atoms with Crippen LogP contribution in [0, 0.1) is 5.92 Å². The molecule has 168 valence electrons. The van der Waals surface area contributed by atoms with E-state index in [0.717, 1.165) is 50.7 Å². The van der Waals surface area contributed by atoms with E-state index < -0.39 is 0 Å². The predicted octanol–water partition coefficient (Wildman–Crippen LogP) is 2.60. The predicted molar refractivity (Wildman–Crippen MR) is 121 cm³/mol. The fourth-order valence-corrected chi connectivity index (χ4v) is 4.23. The lowest BCUT2D eigenvalue weighted by Crippen LogP contribution is -2.49. The molecule has 0 bridgehead atoms. The number of benzene rings is 1. The van der Waals surface area contributed by atoms with Crippen LogP contribution >= 0.6 is 11.6 Å². The average Bonchev–Trinajstić information content (AvgIpc) is 3.47. The second-order valence-corrected chi connectivity index (χ2v) is 8.65. The summed E-state index contributed by atoms with van der Waals surface area (Å²) in [6.07, 6.45) is 4.09.